The van der Waals surface area contributed by atoms with E-state index in [1.54, 1.807) is 23.0 Å². The van der Waals surface area contributed by atoms with Gasteiger partial charge in [0.25, 0.3) is 0 Å². The van der Waals surface area contributed by atoms with E-state index in [9.17, 15) is 9.59 Å². The van der Waals surface area contributed by atoms with E-state index in [-0.39, 0.29) is 18.7 Å². The lowest BCUT2D eigenvalue weighted by Gasteiger charge is -2.17. The monoisotopic (exact) mass is 379 g/mol. The third kappa shape index (κ3) is 5.21. The van der Waals surface area contributed by atoms with Gasteiger partial charge in [-0.3, -0.25) is 14.3 Å². The number of aryl methyl sites for hydroxylation is 2. The smallest absolute Gasteiger partial charge is 0.305 e. The first-order valence-electron chi connectivity index (χ1n) is 7.19. The van der Waals surface area contributed by atoms with Crippen LogP contribution in [-0.2, 0) is 23.1 Å². The predicted octanol–water partition coefficient (Wildman–Crippen LogP) is 2.45. The molecule has 2 aromatic rings. The van der Waals surface area contributed by atoms with Crippen molar-refractivity contribution < 1.29 is 14.7 Å². The van der Waals surface area contributed by atoms with Gasteiger partial charge in [0.15, 0.2) is 0 Å². The highest BCUT2D eigenvalue weighted by Gasteiger charge is 2.18. The maximum Gasteiger partial charge on any atom is 0.305 e. The molecule has 0 aliphatic rings. The summed E-state index contributed by atoms with van der Waals surface area (Å²) in [6, 6.07) is 8.58. The zero-order valence-corrected chi connectivity index (χ0v) is 14.3. The Morgan fingerprint density at radius 3 is 2.57 bits per heavy atom. The minimum absolute atomic E-state index is 0.154. The second-order valence-electron chi connectivity index (χ2n) is 5.22. The molecule has 1 aromatic heterocycles. The molecule has 0 bridgehead atoms. The zero-order chi connectivity index (χ0) is 16.8. The number of aliphatic carboxylic acids is 1. The van der Waals surface area contributed by atoms with E-state index in [4.69, 9.17) is 5.11 Å². The van der Waals surface area contributed by atoms with E-state index in [1.807, 2.05) is 25.2 Å². The maximum atomic E-state index is 12.1. The van der Waals surface area contributed by atoms with Crippen LogP contribution >= 0.6 is 15.9 Å². The van der Waals surface area contributed by atoms with Crippen LogP contribution in [0.15, 0.2) is 41.0 Å². The van der Waals surface area contributed by atoms with Crippen molar-refractivity contribution in [2.75, 3.05) is 0 Å². The fraction of sp³-hybridized carbons (Fsp3) is 0.312. The molecule has 1 amide bonds. The molecule has 2 N–H and O–H groups in total. The number of nitrogens with zero attached hydrogens (tertiary/aromatic N) is 2. The van der Waals surface area contributed by atoms with E-state index in [1.165, 1.54) is 0 Å². The topological polar surface area (TPSA) is 84.2 Å². The van der Waals surface area contributed by atoms with Gasteiger partial charge < -0.3 is 10.4 Å². The van der Waals surface area contributed by atoms with Crippen LogP contribution in [0.5, 0.6) is 0 Å². The minimum Gasteiger partial charge on any atom is -0.481 e. The van der Waals surface area contributed by atoms with Crippen molar-refractivity contribution in [1.82, 2.24) is 15.1 Å². The van der Waals surface area contributed by atoms with Crippen molar-refractivity contribution in [1.29, 1.82) is 0 Å². The van der Waals surface area contributed by atoms with Gasteiger partial charge in [-0.1, -0.05) is 28.1 Å². The number of nitrogens with one attached hydrogen (secondary N) is 1. The SMILES string of the molecule is Cn1nccc1CCC(=O)NC(CC(=O)O)c1ccc(Br)cc1. The first kappa shape index (κ1) is 17.2. The molecular formula is C16H18BrN3O3. The van der Waals surface area contributed by atoms with Gasteiger partial charge in [0.2, 0.25) is 5.91 Å². The number of carboxylic acids is 1. The van der Waals surface area contributed by atoms with Crippen LogP contribution in [0.2, 0.25) is 0 Å². The largest absolute Gasteiger partial charge is 0.481 e. The summed E-state index contributed by atoms with van der Waals surface area (Å²) < 4.78 is 2.62. The number of carboxylic acid groups (broad SMARTS) is 1. The maximum absolute atomic E-state index is 12.1. The molecular weight excluding hydrogens is 362 g/mol. The van der Waals surface area contributed by atoms with Gasteiger partial charge in [0.05, 0.1) is 12.5 Å². The van der Waals surface area contributed by atoms with Gasteiger partial charge in [0, 0.05) is 29.8 Å². The summed E-state index contributed by atoms with van der Waals surface area (Å²) in [6.07, 6.45) is 2.37. The average Bonchev–Trinajstić information content (AvgIpc) is 2.90. The van der Waals surface area contributed by atoms with E-state index < -0.39 is 12.0 Å². The Morgan fingerprint density at radius 2 is 2.00 bits per heavy atom. The summed E-state index contributed by atoms with van der Waals surface area (Å²) in [5.74, 6) is -1.13. The van der Waals surface area contributed by atoms with Crippen LogP contribution in [-0.4, -0.2) is 26.8 Å². The highest BCUT2D eigenvalue weighted by molar-refractivity contribution is 9.10. The van der Waals surface area contributed by atoms with E-state index >= 15 is 0 Å². The highest BCUT2D eigenvalue weighted by atomic mass is 79.9. The Hall–Kier alpha value is -2.15. The van der Waals surface area contributed by atoms with Crippen molar-refractivity contribution in [2.24, 2.45) is 7.05 Å². The molecule has 0 saturated heterocycles. The van der Waals surface area contributed by atoms with Gasteiger partial charge in [-0.05, 0) is 30.2 Å². The first-order valence-corrected chi connectivity index (χ1v) is 7.98. The number of rotatable bonds is 7. The molecule has 1 unspecified atom stereocenters. The van der Waals surface area contributed by atoms with Crippen molar-refractivity contribution >= 4 is 27.8 Å². The average molecular weight is 380 g/mol. The summed E-state index contributed by atoms with van der Waals surface area (Å²) in [7, 11) is 1.82. The van der Waals surface area contributed by atoms with Gasteiger partial charge in [-0.25, -0.2) is 0 Å². The molecule has 0 fully saturated rings. The molecule has 0 saturated carbocycles. The third-order valence-corrected chi connectivity index (χ3v) is 4.05. The fourth-order valence-electron chi connectivity index (χ4n) is 2.28. The molecule has 1 heterocycles. The number of aromatic nitrogens is 2. The number of halogens is 1. The van der Waals surface area contributed by atoms with Gasteiger partial charge in [-0.2, -0.15) is 5.10 Å². The van der Waals surface area contributed by atoms with Crippen molar-refractivity contribution in [3.63, 3.8) is 0 Å². The molecule has 0 aliphatic carbocycles. The Labute approximate surface area is 142 Å². The summed E-state index contributed by atoms with van der Waals surface area (Å²) >= 11 is 3.34. The van der Waals surface area contributed by atoms with E-state index in [0.717, 1.165) is 15.7 Å². The van der Waals surface area contributed by atoms with Crippen LogP contribution in [0, 0.1) is 0 Å². The normalized spacial score (nSPS) is 11.9. The second kappa shape index (κ2) is 7.92. The third-order valence-electron chi connectivity index (χ3n) is 3.52. The summed E-state index contributed by atoms with van der Waals surface area (Å²) in [6.45, 7) is 0. The molecule has 122 valence electrons. The van der Waals surface area contributed by atoms with Crippen molar-refractivity contribution in [3.05, 3.63) is 52.3 Å². The molecule has 1 aromatic carbocycles. The quantitative estimate of drug-likeness (QED) is 0.773. The molecule has 2 rings (SSSR count). The van der Waals surface area contributed by atoms with Crippen LogP contribution in [0.3, 0.4) is 0 Å². The van der Waals surface area contributed by atoms with Crippen LogP contribution in [0.4, 0.5) is 0 Å². The molecule has 0 radical (unpaired) electrons. The van der Waals surface area contributed by atoms with Crippen LogP contribution in [0.25, 0.3) is 0 Å². The van der Waals surface area contributed by atoms with Crippen LogP contribution < -0.4 is 5.32 Å². The van der Waals surface area contributed by atoms with E-state index in [0.29, 0.717) is 6.42 Å². The molecule has 7 heteroatoms. The Kier molecular flexibility index (Phi) is 5.92. The Balaban J connectivity index is 1.99. The molecule has 6 nitrogen and oxygen atoms in total. The van der Waals surface area contributed by atoms with Crippen molar-refractivity contribution in [2.45, 2.75) is 25.3 Å². The van der Waals surface area contributed by atoms with Crippen LogP contribution in [0.1, 0.15) is 30.1 Å². The summed E-state index contributed by atoms with van der Waals surface area (Å²) in [5, 5.41) is 15.9. The molecule has 0 spiro atoms. The molecule has 1 atom stereocenters. The number of carbonyl (C=O) groups is 2. The lowest BCUT2D eigenvalue weighted by Crippen LogP contribution is -2.30. The standard InChI is InChI=1S/C16H18BrN3O3/c1-20-13(8-9-18-20)6-7-15(21)19-14(10-16(22)23)11-2-4-12(17)5-3-11/h2-5,8-9,14H,6-7,10H2,1H3,(H,19,21)(H,22,23). The van der Waals surface area contributed by atoms with Crippen molar-refractivity contribution in [3.8, 4) is 0 Å². The minimum atomic E-state index is -0.954. The first-order chi connectivity index (χ1) is 11.0. The fourth-order valence-corrected chi connectivity index (χ4v) is 2.54. The zero-order valence-electron chi connectivity index (χ0n) is 12.7. The molecule has 23 heavy (non-hydrogen) atoms. The van der Waals surface area contributed by atoms with Gasteiger partial charge in [-0.15, -0.1) is 0 Å². The highest BCUT2D eigenvalue weighted by Crippen LogP contribution is 2.20. The van der Waals surface area contributed by atoms with Gasteiger partial charge in [0.1, 0.15) is 0 Å². The van der Waals surface area contributed by atoms with E-state index in [2.05, 4.69) is 26.3 Å². The second-order valence-corrected chi connectivity index (χ2v) is 6.13. The number of benzene rings is 1. The molecule has 0 aliphatic heterocycles. The van der Waals surface area contributed by atoms with Gasteiger partial charge >= 0.3 is 5.97 Å². The number of amides is 1. The lowest BCUT2D eigenvalue weighted by molar-refractivity contribution is -0.137. The Morgan fingerprint density at radius 1 is 1.30 bits per heavy atom. The Bertz CT molecular complexity index is 682. The number of hydrogen-bond acceptors (Lipinski definition) is 3. The number of carbonyl (C=O) groups excluding carboxylic acids is 1. The number of hydrogen-bond donors (Lipinski definition) is 2. The lowest BCUT2D eigenvalue weighted by atomic mass is 10.0. The summed E-state index contributed by atoms with van der Waals surface area (Å²) in [5.41, 5.74) is 1.73. The predicted molar refractivity (Wildman–Crippen MR) is 88.8 cm³/mol. The summed E-state index contributed by atoms with van der Waals surface area (Å²) in [4.78, 5) is 23.2.